The van der Waals surface area contributed by atoms with Crippen LogP contribution in [0.2, 0.25) is 5.02 Å². The van der Waals surface area contributed by atoms with Gasteiger partial charge in [-0.3, -0.25) is 4.79 Å². The summed E-state index contributed by atoms with van der Waals surface area (Å²) < 4.78 is 0.926. The monoisotopic (exact) mass is 326 g/mol. The number of hydrogen-bond acceptors (Lipinski definition) is 2. The molecule has 1 unspecified atom stereocenters. The van der Waals surface area contributed by atoms with Gasteiger partial charge in [-0.05, 0) is 30.5 Å². The van der Waals surface area contributed by atoms with Gasteiger partial charge < -0.3 is 9.61 Å². The van der Waals surface area contributed by atoms with Crippen LogP contribution in [-0.2, 0) is 16.0 Å². The molecular formula is C12H11BBrClNO2. The van der Waals surface area contributed by atoms with E-state index in [4.69, 9.17) is 11.6 Å². The summed E-state index contributed by atoms with van der Waals surface area (Å²) in [5.41, 5.74) is 0.990. The van der Waals surface area contributed by atoms with Crippen molar-refractivity contribution in [1.29, 1.82) is 0 Å². The molecule has 1 radical (unpaired) electrons. The Morgan fingerprint density at radius 2 is 2.33 bits per heavy atom. The van der Waals surface area contributed by atoms with Gasteiger partial charge in [0.05, 0.1) is 0 Å². The van der Waals surface area contributed by atoms with Crippen molar-refractivity contribution in [3.05, 3.63) is 33.3 Å². The molecule has 1 atom stereocenters. The molecule has 2 rings (SSSR count). The van der Waals surface area contributed by atoms with Crippen LogP contribution >= 0.6 is 27.5 Å². The van der Waals surface area contributed by atoms with Gasteiger partial charge in [0.2, 0.25) is 5.91 Å². The average molecular weight is 327 g/mol. The van der Waals surface area contributed by atoms with Crippen LogP contribution in [0, 0.1) is 0 Å². The van der Waals surface area contributed by atoms with E-state index < -0.39 is 0 Å². The predicted molar refractivity (Wildman–Crippen MR) is 75.2 cm³/mol. The zero-order valence-electron chi connectivity index (χ0n) is 9.61. The van der Waals surface area contributed by atoms with E-state index in [1.54, 1.807) is 0 Å². The van der Waals surface area contributed by atoms with Crippen molar-refractivity contribution in [2.75, 3.05) is 0 Å². The first-order valence-electron chi connectivity index (χ1n) is 5.65. The molecule has 1 aromatic rings. The second-order valence-electron chi connectivity index (χ2n) is 4.22. The maximum absolute atomic E-state index is 11.6. The van der Waals surface area contributed by atoms with Crippen LogP contribution in [0.4, 0.5) is 0 Å². The Bertz CT molecular complexity index is 483. The molecule has 93 valence electrons. The first-order valence-corrected chi connectivity index (χ1v) is 6.82. The Morgan fingerprint density at radius 3 is 3.00 bits per heavy atom. The average Bonchev–Trinajstić information content (AvgIpc) is 2.66. The normalized spacial score (nSPS) is 19.1. The van der Waals surface area contributed by atoms with Crippen molar-refractivity contribution in [3.8, 4) is 0 Å². The van der Waals surface area contributed by atoms with Gasteiger partial charge >= 0.3 is 7.41 Å². The fourth-order valence-electron chi connectivity index (χ4n) is 2.17. The Kier molecular flexibility index (Phi) is 4.46. The quantitative estimate of drug-likeness (QED) is 0.629. The highest BCUT2D eigenvalue weighted by Gasteiger charge is 2.31. The van der Waals surface area contributed by atoms with Gasteiger partial charge in [0.1, 0.15) is 6.19 Å². The van der Waals surface area contributed by atoms with Crippen molar-refractivity contribution >= 4 is 47.0 Å². The smallest absolute Gasteiger partial charge is 0.331 e. The molecule has 0 saturated carbocycles. The molecule has 18 heavy (non-hydrogen) atoms. The van der Waals surface area contributed by atoms with E-state index in [0.29, 0.717) is 24.0 Å². The molecule has 0 N–H and O–H groups in total. The van der Waals surface area contributed by atoms with Gasteiger partial charge in [0, 0.05) is 22.0 Å². The fraction of sp³-hybridized carbons (Fsp3) is 0.333. The molecule has 0 aromatic heterocycles. The topological polar surface area (TPSA) is 37.4 Å². The summed E-state index contributed by atoms with van der Waals surface area (Å²) in [6.45, 7) is 0. The van der Waals surface area contributed by atoms with Crippen molar-refractivity contribution in [2.24, 2.45) is 0 Å². The van der Waals surface area contributed by atoms with Crippen LogP contribution in [0.5, 0.6) is 0 Å². The fourth-order valence-corrected chi connectivity index (χ4v) is 2.92. The second-order valence-corrected chi connectivity index (χ2v) is 5.54. The van der Waals surface area contributed by atoms with Crippen LogP contribution in [0.1, 0.15) is 18.4 Å². The molecular weight excluding hydrogens is 316 g/mol. The van der Waals surface area contributed by atoms with Crippen molar-refractivity contribution in [1.82, 2.24) is 4.81 Å². The van der Waals surface area contributed by atoms with E-state index in [9.17, 15) is 9.59 Å². The molecule has 1 fully saturated rings. The summed E-state index contributed by atoms with van der Waals surface area (Å²) in [6, 6.07) is 5.72. The number of halogens is 2. The number of nitrogens with zero attached hydrogens (tertiary/aromatic N) is 1. The SMILES string of the molecule is O=C[B]N1C(=O)CCC1Cc1ccc(Br)cc1Cl. The summed E-state index contributed by atoms with van der Waals surface area (Å²) in [5, 5.41) is 0.676. The molecule has 1 saturated heterocycles. The van der Waals surface area contributed by atoms with E-state index in [1.807, 2.05) is 18.2 Å². The number of carbonyl (C=O) groups excluding carboxylic acids is 2. The van der Waals surface area contributed by atoms with Crippen molar-refractivity contribution in [2.45, 2.75) is 25.3 Å². The lowest BCUT2D eigenvalue weighted by Crippen LogP contribution is -2.38. The maximum atomic E-state index is 11.6. The summed E-state index contributed by atoms with van der Waals surface area (Å²) in [5.74, 6) is 0.000309. The predicted octanol–water partition coefficient (Wildman–Crippen LogP) is 2.45. The first kappa shape index (κ1) is 13.6. The number of hydrogen-bond donors (Lipinski definition) is 0. The molecule has 0 spiro atoms. The highest BCUT2D eigenvalue weighted by Crippen LogP contribution is 2.27. The third-order valence-electron chi connectivity index (χ3n) is 3.06. The Morgan fingerprint density at radius 1 is 1.56 bits per heavy atom. The molecule has 1 aliphatic rings. The molecule has 0 bridgehead atoms. The molecule has 1 heterocycles. The van der Waals surface area contributed by atoms with E-state index in [-0.39, 0.29) is 11.9 Å². The third kappa shape index (κ3) is 2.95. The van der Waals surface area contributed by atoms with Gasteiger partial charge in [0.25, 0.3) is 0 Å². The zero-order valence-corrected chi connectivity index (χ0v) is 11.9. The van der Waals surface area contributed by atoms with E-state index in [0.717, 1.165) is 16.5 Å². The number of carbonyl (C=O) groups is 2. The van der Waals surface area contributed by atoms with Gasteiger partial charge in [-0.25, -0.2) is 0 Å². The molecule has 3 nitrogen and oxygen atoms in total. The highest BCUT2D eigenvalue weighted by atomic mass is 79.9. The zero-order chi connectivity index (χ0) is 13.1. The molecule has 6 heteroatoms. The van der Waals surface area contributed by atoms with Crippen molar-refractivity contribution in [3.63, 3.8) is 0 Å². The lowest BCUT2D eigenvalue weighted by Gasteiger charge is -2.22. The molecule has 0 aliphatic carbocycles. The highest BCUT2D eigenvalue weighted by molar-refractivity contribution is 9.10. The van der Waals surface area contributed by atoms with Crippen LogP contribution in [0.3, 0.4) is 0 Å². The van der Waals surface area contributed by atoms with Crippen molar-refractivity contribution < 1.29 is 9.59 Å². The van der Waals surface area contributed by atoms with Gasteiger partial charge in [-0.1, -0.05) is 33.6 Å². The Labute approximate surface area is 120 Å². The lowest BCUT2D eigenvalue weighted by molar-refractivity contribution is -0.124. The summed E-state index contributed by atoms with van der Waals surface area (Å²) in [4.78, 5) is 23.7. The Balaban J connectivity index is 2.13. The largest absolute Gasteiger partial charge is 0.380 e. The minimum absolute atomic E-state index is 0.000309. The number of amides is 1. The van der Waals surface area contributed by atoms with E-state index in [1.165, 1.54) is 12.2 Å². The molecule has 1 aromatic carbocycles. The minimum Gasteiger partial charge on any atom is -0.380 e. The lowest BCUT2D eigenvalue weighted by atomic mass is 9.91. The minimum atomic E-state index is 0.000309. The van der Waals surface area contributed by atoms with Gasteiger partial charge in [0.15, 0.2) is 0 Å². The third-order valence-corrected chi connectivity index (χ3v) is 3.91. The van der Waals surface area contributed by atoms with Gasteiger partial charge in [-0.15, -0.1) is 0 Å². The van der Waals surface area contributed by atoms with Crippen LogP contribution < -0.4 is 0 Å². The van der Waals surface area contributed by atoms with Crippen LogP contribution in [0.15, 0.2) is 22.7 Å². The van der Waals surface area contributed by atoms with E-state index >= 15 is 0 Å². The molecule has 1 aliphatic heterocycles. The summed E-state index contributed by atoms with van der Waals surface area (Å²) in [6.07, 6.45) is 2.57. The van der Waals surface area contributed by atoms with Crippen LogP contribution in [0.25, 0.3) is 0 Å². The summed E-state index contributed by atoms with van der Waals surface area (Å²) in [7, 11) is 1.31. The maximum Gasteiger partial charge on any atom is 0.331 e. The first-order chi connectivity index (χ1) is 8.61. The molecule has 1 amide bonds. The van der Waals surface area contributed by atoms with Crippen LogP contribution in [-0.4, -0.2) is 30.4 Å². The number of benzene rings is 1. The second kappa shape index (κ2) is 5.89. The Hall–Kier alpha value is -0.805. The number of rotatable bonds is 4. The summed E-state index contributed by atoms with van der Waals surface area (Å²) >= 11 is 9.51. The van der Waals surface area contributed by atoms with Gasteiger partial charge in [-0.2, -0.15) is 0 Å². The standard InChI is InChI=1S/C12H11BBrClNO2/c14-9-2-1-8(11(15)6-9)5-10-3-4-12(18)16(10)13-7-17/h1-2,6-7,10H,3-5H2. The van der Waals surface area contributed by atoms with E-state index in [2.05, 4.69) is 15.9 Å².